The molecule has 0 saturated carbocycles. The zero-order valence-corrected chi connectivity index (χ0v) is 7.82. The first-order valence-electron chi connectivity index (χ1n) is 3.20. The first-order valence-corrected chi connectivity index (χ1v) is 3.99. The first-order chi connectivity index (χ1) is 6.00. The molecule has 0 aliphatic heterocycles. The third-order valence-corrected chi connectivity index (χ3v) is 1.93. The maximum Gasteiger partial charge on any atom is 0.387 e. The van der Waals surface area contributed by atoms with E-state index in [1.54, 1.807) is 0 Å². The van der Waals surface area contributed by atoms with Crippen molar-refractivity contribution in [1.82, 2.24) is 0 Å². The summed E-state index contributed by atoms with van der Waals surface area (Å²) in [6.45, 7) is -3.02. The number of hydrogen-bond acceptors (Lipinski definition) is 2. The molecule has 0 radical (unpaired) electrons. The molecule has 6 heteroatoms. The Morgan fingerprint density at radius 2 is 2.00 bits per heavy atom. The molecule has 0 amide bonds. The van der Waals surface area contributed by atoms with Crippen LogP contribution >= 0.6 is 15.9 Å². The van der Waals surface area contributed by atoms with Crippen LogP contribution in [0.15, 0.2) is 16.6 Å². The van der Waals surface area contributed by atoms with Gasteiger partial charge in [0.05, 0.1) is 5.69 Å². The number of alkyl halides is 2. The van der Waals surface area contributed by atoms with Gasteiger partial charge in [-0.1, -0.05) is 0 Å². The summed E-state index contributed by atoms with van der Waals surface area (Å²) < 4.78 is 40.3. The van der Waals surface area contributed by atoms with Crippen LogP contribution in [-0.4, -0.2) is 6.61 Å². The van der Waals surface area contributed by atoms with E-state index in [2.05, 4.69) is 20.7 Å². The minimum absolute atomic E-state index is 0.0540. The van der Waals surface area contributed by atoms with Crippen molar-refractivity contribution in [3.8, 4) is 5.75 Å². The normalized spacial score (nSPS) is 10.5. The zero-order chi connectivity index (χ0) is 10.0. The summed E-state index contributed by atoms with van der Waals surface area (Å²) in [6.07, 6.45) is 0. The molecule has 0 unspecified atom stereocenters. The first kappa shape index (κ1) is 10.2. The molecule has 0 aromatic heterocycles. The van der Waals surface area contributed by atoms with E-state index in [1.165, 1.54) is 0 Å². The molecule has 0 atom stereocenters. The lowest BCUT2D eigenvalue weighted by Crippen LogP contribution is -2.05. The number of halogens is 4. The van der Waals surface area contributed by atoms with Gasteiger partial charge in [-0.3, -0.25) is 0 Å². The third kappa shape index (κ3) is 2.51. The Labute approximate surface area is 80.6 Å². The Morgan fingerprint density at radius 1 is 1.38 bits per heavy atom. The van der Waals surface area contributed by atoms with Gasteiger partial charge in [0.25, 0.3) is 0 Å². The standard InChI is InChI=1S/C7H5BrF3NO/c8-4-1-3(9)2-5(6(4)12)13-7(10)11/h1-2,7H,12H2. The number of rotatable bonds is 2. The molecule has 0 aliphatic rings. The highest BCUT2D eigenvalue weighted by atomic mass is 79.9. The second-order valence-electron chi connectivity index (χ2n) is 2.18. The predicted molar refractivity (Wildman–Crippen MR) is 45.1 cm³/mol. The lowest BCUT2D eigenvalue weighted by Gasteiger charge is -2.08. The van der Waals surface area contributed by atoms with Gasteiger partial charge >= 0.3 is 6.61 Å². The van der Waals surface area contributed by atoms with E-state index in [1.807, 2.05) is 0 Å². The van der Waals surface area contributed by atoms with E-state index >= 15 is 0 Å². The van der Waals surface area contributed by atoms with Crippen LogP contribution in [0.25, 0.3) is 0 Å². The number of benzene rings is 1. The Kier molecular flexibility index (Phi) is 3.02. The average Bonchev–Trinajstić information content (AvgIpc) is 1.98. The van der Waals surface area contributed by atoms with Gasteiger partial charge in [0, 0.05) is 10.5 Å². The van der Waals surface area contributed by atoms with Crippen molar-refractivity contribution in [3.63, 3.8) is 0 Å². The third-order valence-electron chi connectivity index (χ3n) is 1.27. The van der Waals surface area contributed by atoms with Crippen molar-refractivity contribution < 1.29 is 17.9 Å². The van der Waals surface area contributed by atoms with Gasteiger partial charge < -0.3 is 10.5 Å². The molecule has 0 saturated heterocycles. The Balaban J connectivity index is 3.05. The van der Waals surface area contributed by atoms with E-state index in [-0.39, 0.29) is 15.9 Å². The minimum Gasteiger partial charge on any atom is -0.432 e. The van der Waals surface area contributed by atoms with E-state index in [9.17, 15) is 13.2 Å². The summed E-state index contributed by atoms with van der Waals surface area (Å²) >= 11 is 2.90. The molecule has 2 nitrogen and oxygen atoms in total. The molecule has 72 valence electrons. The van der Waals surface area contributed by atoms with E-state index < -0.39 is 12.4 Å². The summed E-state index contributed by atoms with van der Waals surface area (Å²) in [4.78, 5) is 0. The van der Waals surface area contributed by atoms with Crippen molar-refractivity contribution in [2.24, 2.45) is 0 Å². The van der Waals surface area contributed by atoms with Gasteiger partial charge in [-0.25, -0.2) is 4.39 Å². The molecule has 0 fully saturated rings. The van der Waals surface area contributed by atoms with Crippen LogP contribution in [0.2, 0.25) is 0 Å². The average molecular weight is 256 g/mol. The zero-order valence-electron chi connectivity index (χ0n) is 6.23. The van der Waals surface area contributed by atoms with Crippen molar-refractivity contribution in [2.45, 2.75) is 6.61 Å². The van der Waals surface area contributed by atoms with Crippen molar-refractivity contribution in [1.29, 1.82) is 0 Å². The van der Waals surface area contributed by atoms with Gasteiger partial charge in [0.2, 0.25) is 0 Å². The van der Waals surface area contributed by atoms with Gasteiger partial charge in [-0.15, -0.1) is 0 Å². The second-order valence-corrected chi connectivity index (χ2v) is 3.03. The summed E-state index contributed by atoms with van der Waals surface area (Å²) in [6, 6.07) is 1.86. The lowest BCUT2D eigenvalue weighted by molar-refractivity contribution is -0.0495. The van der Waals surface area contributed by atoms with Crippen molar-refractivity contribution in [3.05, 3.63) is 22.4 Å². The van der Waals surface area contributed by atoms with E-state index in [0.29, 0.717) is 0 Å². The fourth-order valence-corrected chi connectivity index (χ4v) is 1.17. The number of ether oxygens (including phenoxy) is 1. The van der Waals surface area contributed by atoms with Gasteiger partial charge in [-0.2, -0.15) is 8.78 Å². The highest BCUT2D eigenvalue weighted by Crippen LogP contribution is 2.31. The lowest BCUT2D eigenvalue weighted by atomic mass is 10.3. The Morgan fingerprint density at radius 3 is 2.54 bits per heavy atom. The van der Waals surface area contributed by atoms with Crippen molar-refractivity contribution in [2.75, 3.05) is 5.73 Å². The van der Waals surface area contributed by atoms with E-state index in [4.69, 9.17) is 5.73 Å². The summed E-state index contributed by atoms with van der Waals surface area (Å²) in [5.41, 5.74) is 5.27. The quantitative estimate of drug-likeness (QED) is 0.825. The molecule has 0 heterocycles. The van der Waals surface area contributed by atoms with Crippen LogP contribution in [0.4, 0.5) is 18.9 Å². The molecular formula is C7H5BrF3NO. The number of anilines is 1. The highest BCUT2D eigenvalue weighted by Gasteiger charge is 2.11. The molecule has 0 spiro atoms. The molecular weight excluding hydrogens is 251 g/mol. The maximum atomic E-state index is 12.6. The number of nitrogen functional groups attached to an aromatic ring is 1. The molecule has 1 aromatic rings. The van der Waals surface area contributed by atoms with Gasteiger partial charge in [0.1, 0.15) is 5.82 Å². The highest BCUT2D eigenvalue weighted by molar-refractivity contribution is 9.10. The predicted octanol–water partition coefficient (Wildman–Crippen LogP) is 2.77. The fraction of sp³-hybridized carbons (Fsp3) is 0.143. The van der Waals surface area contributed by atoms with Crippen LogP contribution in [0.3, 0.4) is 0 Å². The smallest absolute Gasteiger partial charge is 0.387 e. The van der Waals surface area contributed by atoms with Crippen molar-refractivity contribution >= 4 is 21.6 Å². The monoisotopic (exact) mass is 255 g/mol. The maximum absolute atomic E-state index is 12.6. The largest absolute Gasteiger partial charge is 0.432 e. The Hall–Kier alpha value is -0.910. The van der Waals surface area contributed by atoms with Crippen LogP contribution in [0.5, 0.6) is 5.75 Å². The molecule has 0 bridgehead atoms. The second kappa shape index (κ2) is 3.87. The number of nitrogens with two attached hydrogens (primary N) is 1. The van der Waals surface area contributed by atoms with Crippen LogP contribution in [0, 0.1) is 5.82 Å². The molecule has 2 N–H and O–H groups in total. The van der Waals surface area contributed by atoms with Crippen LogP contribution in [-0.2, 0) is 0 Å². The van der Waals surface area contributed by atoms with Crippen LogP contribution < -0.4 is 10.5 Å². The fourth-order valence-electron chi connectivity index (χ4n) is 0.755. The van der Waals surface area contributed by atoms with Gasteiger partial charge in [-0.05, 0) is 22.0 Å². The minimum atomic E-state index is -3.02. The van der Waals surface area contributed by atoms with Gasteiger partial charge in [0.15, 0.2) is 5.75 Å². The summed E-state index contributed by atoms with van der Waals surface area (Å²) in [5, 5.41) is 0. The summed E-state index contributed by atoms with van der Waals surface area (Å²) in [7, 11) is 0. The molecule has 1 rings (SSSR count). The number of hydrogen-bond donors (Lipinski definition) is 1. The SMILES string of the molecule is Nc1c(Br)cc(F)cc1OC(F)F. The van der Waals surface area contributed by atoms with E-state index in [0.717, 1.165) is 12.1 Å². The molecule has 1 aromatic carbocycles. The summed E-state index contributed by atoms with van der Waals surface area (Å²) in [5.74, 6) is -1.07. The Bertz CT molecular complexity index is 319. The van der Waals surface area contributed by atoms with Crippen LogP contribution in [0.1, 0.15) is 0 Å². The molecule has 0 aliphatic carbocycles. The topological polar surface area (TPSA) is 35.2 Å². The molecule has 13 heavy (non-hydrogen) atoms.